The van der Waals surface area contributed by atoms with E-state index in [9.17, 15) is 13.2 Å². The number of nitrogens with one attached hydrogen (secondary N) is 1. The molecule has 0 atom stereocenters. The molecule has 2 heterocycles. The highest BCUT2D eigenvalue weighted by atomic mass is 32.3. The summed E-state index contributed by atoms with van der Waals surface area (Å²) in [7, 11) is -4.67. The van der Waals surface area contributed by atoms with E-state index in [2.05, 4.69) is 20.3 Å². The molecule has 3 rings (SSSR count). The zero-order chi connectivity index (χ0) is 20.8. The fraction of sp³-hybridized carbons (Fsp3) is 0.0625. The number of benzene rings is 1. The number of pyridine rings is 1. The van der Waals surface area contributed by atoms with Crippen LogP contribution >= 0.6 is 0 Å². The summed E-state index contributed by atoms with van der Waals surface area (Å²) in [5, 5.41) is 2.78. The minimum absolute atomic E-state index is 0.214. The number of halogens is 3. The zero-order valence-electron chi connectivity index (χ0n) is 13.9. The molecular formula is C16H13F3N4O4S. The van der Waals surface area contributed by atoms with Crippen molar-refractivity contribution in [3.63, 3.8) is 0 Å². The van der Waals surface area contributed by atoms with Crippen LogP contribution in [0, 0.1) is 0 Å². The zero-order valence-corrected chi connectivity index (χ0v) is 14.7. The predicted octanol–water partition coefficient (Wildman–Crippen LogP) is 3.65. The molecule has 12 heteroatoms. The highest BCUT2D eigenvalue weighted by molar-refractivity contribution is 7.79. The molecule has 28 heavy (non-hydrogen) atoms. The molecule has 0 spiro atoms. The van der Waals surface area contributed by atoms with E-state index in [4.69, 9.17) is 17.5 Å². The molecule has 0 bridgehead atoms. The second kappa shape index (κ2) is 8.73. The van der Waals surface area contributed by atoms with Gasteiger partial charge in [0.1, 0.15) is 0 Å². The molecule has 0 aliphatic rings. The van der Waals surface area contributed by atoms with Crippen molar-refractivity contribution in [3.05, 3.63) is 66.6 Å². The van der Waals surface area contributed by atoms with E-state index in [0.29, 0.717) is 5.69 Å². The number of aromatic nitrogens is 3. The maximum absolute atomic E-state index is 12.7. The highest BCUT2D eigenvalue weighted by Crippen LogP contribution is 2.31. The van der Waals surface area contributed by atoms with Crippen LogP contribution in [0.15, 0.2) is 61.1 Å². The number of rotatable bonds is 3. The predicted molar refractivity (Wildman–Crippen MR) is 94.2 cm³/mol. The van der Waals surface area contributed by atoms with Crippen LogP contribution in [-0.4, -0.2) is 32.5 Å². The third-order valence-electron chi connectivity index (χ3n) is 3.06. The second-order valence-electron chi connectivity index (χ2n) is 5.16. The molecule has 148 valence electrons. The van der Waals surface area contributed by atoms with Gasteiger partial charge in [-0.3, -0.25) is 14.1 Å². The molecule has 0 radical (unpaired) electrons. The van der Waals surface area contributed by atoms with E-state index in [0.717, 1.165) is 17.7 Å². The van der Waals surface area contributed by atoms with E-state index in [-0.39, 0.29) is 11.6 Å². The van der Waals surface area contributed by atoms with Gasteiger partial charge in [0.2, 0.25) is 5.95 Å². The van der Waals surface area contributed by atoms with E-state index in [1.165, 1.54) is 18.3 Å². The van der Waals surface area contributed by atoms with Gasteiger partial charge in [-0.15, -0.1) is 0 Å². The van der Waals surface area contributed by atoms with Gasteiger partial charge in [-0.2, -0.15) is 21.6 Å². The summed E-state index contributed by atoms with van der Waals surface area (Å²) in [4.78, 5) is 12.3. The molecule has 3 aromatic rings. The van der Waals surface area contributed by atoms with Gasteiger partial charge in [0.15, 0.2) is 0 Å². The van der Waals surface area contributed by atoms with E-state index in [1.807, 2.05) is 6.07 Å². The fourth-order valence-corrected chi connectivity index (χ4v) is 2.00. The Labute approximate surface area is 157 Å². The average molecular weight is 414 g/mol. The van der Waals surface area contributed by atoms with Crippen LogP contribution in [0.5, 0.6) is 0 Å². The SMILES string of the molecule is FC(F)(F)c1cccc(Nc2nccc(-c3cccnc3)n2)c1.O=S(=O)(O)O. The van der Waals surface area contributed by atoms with Crippen LogP contribution in [0.1, 0.15) is 5.56 Å². The molecule has 0 unspecified atom stereocenters. The average Bonchev–Trinajstić information content (AvgIpc) is 2.61. The second-order valence-corrected chi connectivity index (χ2v) is 6.05. The van der Waals surface area contributed by atoms with Crippen LogP contribution < -0.4 is 5.32 Å². The molecule has 3 N–H and O–H groups in total. The summed E-state index contributed by atoms with van der Waals surface area (Å²) in [5.74, 6) is 0.214. The van der Waals surface area contributed by atoms with Gasteiger partial charge in [0, 0.05) is 29.8 Å². The lowest BCUT2D eigenvalue weighted by atomic mass is 10.2. The number of anilines is 2. The number of alkyl halides is 3. The molecule has 0 saturated heterocycles. The van der Waals surface area contributed by atoms with Gasteiger partial charge in [-0.25, -0.2) is 9.97 Å². The Morgan fingerprint density at radius 2 is 1.71 bits per heavy atom. The molecule has 8 nitrogen and oxygen atoms in total. The Bertz CT molecular complexity index is 1020. The van der Waals surface area contributed by atoms with Crippen molar-refractivity contribution >= 4 is 22.0 Å². The van der Waals surface area contributed by atoms with Gasteiger partial charge < -0.3 is 5.32 Å². The molecule has 0 aliphatic carbocycles. The normalized spacial score (nSPS) is 11.3. The lowest BCUT2D eigenvalue weighted by Gasteiger charge is -2.10. The summed E-state index contributed by atoms with van der Waals surface area (Å²) in [5.41, 5.74) is 0.957. The minimum atomic E-state index is -4.67. The Hall–Kier alpha value is -3.09. The Morgan fingerprint density at radius 1 is 1.00 bits per heavy atom. The van der Waals surface area contributed by atoms with Crippen molar-refractivity contribution < 1.29 is 30.7 Å². The van der Waals surface area contributed by atoms with E-state index >= 15 is 0 Å². The Kier molecular flexibility index (Phi) is 6.62. The summed E-state index contributed by atoms with van der Waals surface area (Å²) < 4.78 is 69.8. The molecular weight excluding hydrogens is 401 g/mol. The third kappa shape index (κ3) is 7.26. The van der Waals surface area contributed by atoms with Crippen LogP contribution in [0.2, 0.25) is 0 Å². The molecule has 0 fully saturated rings. The maximum atomic E-state index is 12.7. The lowest BCUT2D eigenvalue weighted by molar-refractivity contribution is -0.137. The van der Waals surface area contributed by atoms with Crippen molar-refractivity contribution in [3.8, 4) is 11.3 Å². The number of hydrogen-bond acceptors (Lipinski definition) is 6. The van der Waals surface area contributed by atoms with Crippen molar-refractivity contribution in [1.29, 1.82) is 0 Å². The first-order valence-electron chi connectivity index (χ1n) is 7.40. The summed E-state index contributed by atoms with van der Waals surface area (Å²) >= 11 is 0. The van der Waals surface area contributed by atoms with Gasteiger partial charge in [-0.1, -0.05) is 6.07 Å². The van der Waals surface area contributed by atoms with E-state index in [1.54, 1.807) is 24.5 Å². The topological polar surface area (TPSA) is 125 Å². The summed E-state index contributed by atoms with van der Waals surface area (Å²) in [6.07, 6.45) is 0.435. The molecule has 0 amide bonds. The quantitative estimate of drug-likeness (QED) is 0.555. The van der Waals surface area contributed by atoms with Gasteiger partial charge in [-0.05, 0) is 36.4 Å². The third-order valence-corrected chi connectivity index (χ3v) is 3.06. The van der Waals surface area contributed by atoms with Gasteiger partial charge in [0.25, 0.3) is 0 Å². The number of hydrogen-bond donors (Lipinski definition) is 3. The first kappa shape index (κ1) is 21.2. The van der Waals surface area contributed by atoms with Crippen molar-refractivity contribution in [2.24, 2.45) is 0 Å². The fourth-order valence-electron chi connectivity index (χ4n) is 2.00. The maximum Gasteiger partial charge on any atom is 0.416 e. The van der Waals surface area contributed by atoms with Crippen molar-refractivity contribution in [1.82, 2.24) is 15.0 Å². The summed E-state index contributed by atoms with van der Waals surface area (Å²) in [6.45, 7) is 0. The summed E-state index contributed by atoms with van der Waals surface area (Å²) in [6, 6.07) is 10.2. The van der Waals surface area contributed by atoms with Crippen LogP contribution in [0.3, 0.4) is 0 Å². The minimum Gasteiger partial charge on any atom is -0.324 e. The van der Waals surface area contributed by atoms with Crippen LogP contribution in [-0.2, 0) is 16.6 Å². The Balaban J connectivity index is 0.000000500. The number of nitrogens with zero attached hydrogens (tertiary/aromatic N) is 3. The van der Waals surface area contributed by atoms with Crippen LogP contribution in [0.25, 0.3) is 11.3 Å². The molecule has 0 saturated carbocycles. The molecule has 1 aromatic carbocycles. The monoisotopic (exact) mass is 414 g/mol. The largest absolute Gasteiger partial charge is 0.416 e. The smallest absolute Gasteiger partial charge is 0.324 e. The van der Waals surface area contributed by atoms with Crippen LogP contribution in [0.4, 0.5) is 24.8 Å². The van der Waals surface area contributed by atoms with Crippen molar-refractivity contribution in [2.45, 2.75) is 6.18 Å². The van der Waals surface area contributed by atoms with Gasteiger partial charge in [0.05, 0.1) is 11.3 Å². The molecule has 0 aliphatic heterocycles. The standard InChI is InChI=1S/C16H11F3N4.H2O4S/c17-16(18,19)12-4-1-5-13(9-12)22-15-21-8-6-14(23-15)11-3-2-7-20-10-11;1-5(2,3)4/h1-10H,(H,21,22,23);(H2,1,2,3,4). The van der Waals surface area contributed by atoms with Gasteiger partial charge >= 0.3 is 16.6 Å². The first-order chi connectivity index (χ1) is 13.0. The molecule has 2 aromatic heterocycles. The lowest BCUT2D eigenvalue weighted by Crippen LogP contribution is -2.05. The Morgan fingerprint density at radius 3 is 2.32 bits per heavy atom. The highest BCUT2D eigenvalue weighted by Gasteiger charge is 2.30. The van der Waals surface area contributed by atoms with Crippen molar-refractivity contribution in [2.75, 3.05) is 5.32 Å². The first-order valence-corrected chi connectivity index (χ1v) is 8.80. The van der Waals surface area contributed by atoms with E-state index < -0.39 is 22.1 Å².